The van der Waals surface area contributed by atoms with E-state index in [-0.39, 0.29) is 23.1 Å². The van der Waals surface area contributed by atoms with Gasteiger partial charge in [0.2, 0.25) is 10.0 Å². The third-order valence-corrected chi connectivity index (χ3v) is 7.52. The van der Waals surface area contributed by atoms with Gasteiger partial charge >= 0.3 is 0 Å². The molecule has 2 bridgehead atoms. The van der Waals surface area contributed by atoms with Gasteiger partial charge in [0.15, 0.2) is 0 Å². The molecule has 0 spiro atoms. The number of piperidine rings is 1. The van der Waals surface area contributed by atoms with Crippen molar-refractivity contribution in [3.63, 3.8) is 0 Å². The van der Waals surface area contributed by atoms with Crippen molar-refractivity contribution in [3.05, 3.63) is 30.1 Å². The van der Waals surface area contributed by atoms with Crippen molar-refractivity contribution in [3.8, 4) is 0 Å². The molecule has 3 saturated heterocycles. The Bertz CT molecular complexity index is 703. The van der Waals surface area contributed by atoms with E-state index in [2.05, 4.69) is 4.98 Å². The van der Waals surface area contributed by atoms with Crippen LogP contribution in [0.4, 0.5) is 0 Å². The van der Waals surface area contributed by atoms with Crippen molar-refractivity contribution < 1.29 is 13.2 Å². The highest BCUT2D eigenvalue weighted by Gasteiger charge is 2.47. The van der Waals surface area contributed by atoms with E-state index in [4.69, 9.17) is 0 Å². The molecular weight excluding hydrogens is 314 g/mol. The molecule has 6 nitrogen and oxygen atoms in total. The molecule has 4 aliphatic rings. The number of hydrogen-bond acceptors (Lipinski definition) is 4. The number of hydrogen-bond donors (Lipinski definition) is 0. The lowest BCUT2D eigenvalue weighted by molar-refractivity contribution is 0.0740. The number of nitrogens with zero attached hydrogens (tertiary/aromatic N) is 3. The van der Waals surface area contributed by atoms with E-state index in [1.165, 1.54) is 0 Å². The SMILES string of the molecule is O=C(c1ccccn1)N1C[C@H]2CC[C@@H](C1)N(S(=O)(=O)C1CC1)C2. The van der Waals surface area contributed by atoms with Crippen LogP contribution in [0, 0.1) is 5.92 Å². The van der Waals surface area contributed by atoms with Crippen molar-refractivity contribution in [1.82, 2.24) is 14.2 Å². The van der Waals surface area contributed by atoms with Crippen molar-refractivity contribution in [2.75, 3.05) is 19.6 Å². The molecule has 0 unspecified atom stereocenters. The zero-order valence-electron chi connectivity index (χ0n) is 13.0. The second-order valence-corrected chi connectivity index (χ2v) is 9.00. The van der Waals surface area contributed by atoms with Gasteiger partial charge in [-0.25, -0.2) is 8.42 Å². The number of pyridine rings is 1. The summed E-state index contributed by atoms with van der Waals surface area (Å²) in [5, 5.41) is -0.179. The van der Waals surface area contributed by atoms with Crippen molar-refractivity contribution in [1.29, 1.82) is 0 Å². The second-order valence-electron chi connectivity index (χ2n) is 6.84. The molecule has 1 aromatic rings. The van der Waals surface area contributed by atoms with Crippen molar-refractivity contribution in [2.24, 2.45) is 5.92 Å². The number of carbonyl (C=O) groups is 1. The van der Waals surface area contributed by atoms with E-state index < -0.39 is 10.0 Å². The topological polar surface area (TPSA) is 70.6 Å². The Morgan fingerprint density at radius 1 is 1.09 bits per heavy atom. The summed E-state index contributed by atoms with van der Waals surface area (Å²) in [7, 11) is -3.18. The van der Waals surface area contributed by atoms with Crippen LogP contribution < -0.4 is 0 Å². The molecule has 23 heavy (non-hydrogen) atoms. The van der Waals surface area contributed by atoms with E-state index in [0.717, 1.165) is 25.7 Å². The van der Waals surface area contributed by atoms with Gasteiger partial charge in [-0.05, 0) is 43.7 Å². The number of fused-ring (bicyclic) bond motifs is 4. The van der Waals surface area contributed by atoms with Gasteiger partial charge in [0.25, 0.3) is 5.91 Å². The first-order chi connectivity index (χ1) is 11.1. The number of sulfonamides is 1. The van der Waals surface area contributed by atoms with Gasteiger partial charge < -0.3 is 4.90 Å². The summed E-state index contributed by atoms with van der Waals surface area (Å²) in [5.74, 6) is 0.142. The first-order valence-corrected chi connectivity index (χ1v) is 9.77. The van der Waals surface area contributed by atoms with E-state index >= 15 is 0 Å². The van der Waals surface area contributed by atoms with E-state index in [1.807, 2.05) is 0 Å². The summed E-state index contributed by atoms with van der Waals surface area (Å²) >= 11 is 0. The van der Waals surface area contributed by atoms with Gasteiger partial charge in [0, 0.05) is 31.9 Å². The monoisotopic (exact) mass is 335 g/mol. The lowest BCUT2D eigenvalue weighted by Gasteiger charge is -2.35. The Kier molecular flexibility index (Phi) is 3.65. The molecule has 124 valence electrons. The minimum Gasteiger partial charge on any atom is -0.335 e. The maximum Gasteiger partial charge on any atom is 0.272 e. The zero-order chi connectivity index (χ0) is 16.0. The highest BCUT2D eigenvalue weighted by Crippen LogP contribution is 2.37. The first-order valence-electron chi connectivity index (χ1n) is 8.26. The molecule has 4 heterocycles. The predicted octanol–water partition coefficient (Wildman–Crippen LogP) is 1.11. The van der Waals surface area contributed by atoms with Gasteiger partial charge in [-0.15, -0.1) is 0 Å². The Morgan fingerprint density at radius 2 is 1.91 bits per heavy atom. The largest absolute Gasteiger partial charge is 0.335 e. The number of aromatic nitrogens is 1. The van der Waals surface area contributed by atoms with Gasteiger partial charge in [0.05, 0.1) is 5.25 Å². The molecule has 0 radical (unpaired) electrons. The average Bonchev–Trinajstić information content (AvgIpc) is 3.41. The van der Waals surface area contributed by atoms with Gasteiger partial charge in [0.1, 0.15) is 5.69 Å². The fourth-order valence-corrected chi connectivity index (χ4v) is 5.85. The van der Waals surface area contributed by atoms with Crippen LogP contribution in [0.25, 0.3) is 0 Å². The highest BCUT2D eigenvalue weighted by molar-refractivity contribution is 7.90. The molecule has 1 saturated carbocycles. The van der Waals surface area contributed by atoms with Crippen molar-refractivity contribution >= 4 is 15.9 Å². The van der Waals surface area contributed by atoms with Crippen LogP contribution in [-0.2, 0) is 10.0 Å². The van der Waals surface area contributed by atoms with Crippen LogP contribution in [-0.4, -0.2) is 59.4 Å². The molecule has 3 aliphatic heterocycles. The molecule has 1 amide bonds. The summed E-state index contributed by atoms with van der Waals surface area (Å²) in [5.41, 5.74) is 0.436. The first kappa shape index (κ1) is 15.1. The maximum absolute atomic E-state index is 12.7. The molecule has 5 rings (SSSR count). The quantitative estimate of drug-likeness (QED) is 0.830. The van der Waals surface area contributed by atoms with Gasteiger partial charge in [-0.2, -0.15) is 4.31 Å². The lowest BCUT2D eigenvalue weighted by Crippen LogP contribution is -2.48. The number of rotatable bonds is 3. The fraction of sp³-hybridized carbons (Fsp3) is 0.625. The molecule has 1 aromatic heterocycles. The normalized spacial score (nSPS) is 28.6. The number of carbonyl (C=O) groups excluding carboxylic acids is 1. The second kappa shape index (κ2) is 5.56. The van der Waals surface area contributed by atoms with Crippen LogP contribution in [0.1, 0.15) is 36.2 Å². The Balaban J connectivity index is 1.57. The molecule has 7 heteroatoms. The Morgan fingerprint density at radius 3 is 2.61 bits per heavy atom. The van der Waals surface area contributed by atoms with Crippen LogP contribution in [0.15, 0.2) is 24.4 Å². The molecule has 0 N–H and O–H groups in total. The maximum atomic E-state index is 12.7. The fourth-order valence-electron chi connectivity index (χ4n) is 3.73. The van der Waals surface area contributed by atoms with Crippen LogP contribution >= 0.6 is 0 Å². The van der Waals surface area contributed by atoms with E-state index in [0.29, 0.717) is 25.3 Å². The Labute approximate surface area is 136 Å². The third kappa shape index (κ3) is 2.76. The Hall–Kier alpha value is -1.47. The zero-order valence-corrected chi connectivity index (χ0v) is 13.8. The summed E-state index contributed by atoms with van der Waals surface area (Å²) in [4.78, 5) is 18.6. The lowest BCUT2D eigenvalue weighted by atomic mass is 9.97. The standard InChI is InChI=1S/C16H21N3O3S/c20-16(15-3-1-2-8-17-15)18-9-12-4-5-13(11-18)19(10-12)23(21,22)14-6-7-14/h1-3,8,12-14H,4-7,9-11H2/t12-,13+/m1/s1. The molecule has 0 aromatic carbocycles. The minimum atomic E-state index is -3.18. The third-order valence-electron chi connectivity index (χ3n) is 5.11. The average molecular weight is 335 g/mol. The molecule has 2 atom stereocenters. The summed E-state index contributed by atoms with van der Waals surface area (Å²) in [6.07, 6.45) is 5.03. The van der Waals surface area contributed by atoms with Gasteiger partial charge in [-0.1, -0.05) is 6.07 Å². The molecule has 4 fully saturated rings. The minimum absolute atomic E-state index is 0.0768. The highest BCUT2D eigenvalue weighted by atomic mass is 32.2. The van der Waals surface area contributed by atoms with Crippen LogP contribution in [0.2, 0.25) is 0 Å². The van der Waals surface area contributed by atoms with Crippen molar-refractivity contribution in [2.45, 2.75) is 37.0 Å². The summed E-state index contributed by atoms with van der Waals surface area (Å²) in [6, 6.07) is 5.23. The molecule has 1 aliphatic carbocycles. The smallest absolute Gasteiger partial charge is 0.272 e. The summed E-state index contributed by atoms with van der Waals surface area (Å²) in [6.45, 7) is 1.68. The number of amides is 1. The predicted molar refractivity (Wildman–Crippen MR) is 85.3 cm³/mol. The van der Waals surface area contributed by atoms with Crippen LogP contribution in [0.5, 0.6) is 0 Å². The molecular formula is C16H21N3O3S. The summed E-state index contributed by atoms with van der Waals surface area (Å²) < 4.78 is 27.0. The van der Waals surface area contributed by atoms with Crippen LogP contribution in [0.3, 0.4) is 0 Å². The van der Waals surface area contributed by atoms with E-state index in [1.54, 1.807) is 33.6 Å². The van der Waals surface area contributed by atoms with Gasteiger partial charge in [-0.3, -0.25) is 9.78 Å². The van der Waals surface area contributed by atoms with E-state index in [9.17, 15) is 13.2 Å².